The fourth-order valence-electron chi connectivity index (χ4n) is 1.01. The SMILES string of the molecule is C=CCCCCCCOC=NCC. The van der Waals surface area contributed by atoms with E-state index in [4.69, 9.17) is 4.74 Å². The molecule has 0 aliphatic carbocycles. The van der Waals surface area contributed by atoms with Crippen LogP contribution in [0.25, 0.3) is 0 Å². The van der Waals surface area contributed by atoms with Crippen LogP contribution in [0.15, 0.2) is 17.6 Å². The number of nitrogens with zero attached hydrogens (tertiary/aromatic N) is 1. The fraction of sp³-hybridized carbons (Fsp3) is 0.727. The van der Waals surface area contributed by atoms with Gasteiger partial charge in [-0.1, -0.05) is 18.9 Å². The highest BCUT2D eigenvalue weighted by molar-refractivity contribution is 5.45. The second-order valence-electron chi connectivity index (χ2n) is 2.97. The Kier molecular flexibility index (Phi) is 10.5. The number of unbranched alkanes of at least 4 members (excludes halogenated alkanes) is 4. The quantitative estimate of drug-likeness (QED) is 0.233. The van der Waals surface area contributed by atoms with Crippen molar-refractivity contribution >= 4 is 6.40 Å². The van der Waals surface area contributed by atoms with E-state index in [1.165, 1.54) is 19.3 Å². The largest absolute Gasteiger partial charge is 0.483 e. The van der Waals surface area contributed by atoms with Crippen molar-refractivity contribution in [1.82, 2.24) is 0 Å². The van der Waals surface area contributed by atoms with Gasteiger partial charge in [0.05, 0.1) is 6.61 Å². The molecule has 76 valence electrons. The van der Waals surface area contributed by atoms with Gasteiger partial charge in [-0.2, -0.15) is 0 Å². The molecule has 0 unspecified atom stereocenters. The topological polar surface area (TPSA) is 21.6 Å². The maximum absolute atomic E-state index is 5.17. The Labute approximate surface area is 81.7 Å². The van der Waals surface area contributed by atoms with Crippen LogP contribution in [-0.2, 0) is 4.74 Å². The van der Waals surface area contributed by atoms with Crippen LogP contribution in [-0.4, -0.2) is 19.6 Å². The zero-order chi connectivity index (χ0) is 9.78. The molecule has 0 saturated heterocycles. The Morgan fingerprint density at radius 3 is 2.69 bits per heavy atom. The molecule has 0 amide bonds. The number of hydrogen-bond acceptors (Lipinski definition) is 2. The summed E-state index contributed by atoms with van der Waals surface area (Å²) < 4.78 is 5.17. The molecule has 0 aromatic carbocycles. The molecule has 0 aliphatic heterocycles. The maximum atomic E-state index is 5.17. The third-order valence-corrected chi connectivity index (χ3v) is 1.75. The van der Waals surface area contributed by atoms with E-state index in [0.717, 1.165) is 26.0 Å². The predicted octanol–water partition coefficient (Wildman–Crippen LogP) is 3.19. The third-order valence-electron chi connectivity index (χ3n) is 1.75. The molecule has 0 fully saturated rings. The van der Waals surface area contributed by atoms with Crippen molar-refractivity contribution in [1.29, 1.82) is 0 Å². The Hall–Kier alpha value is -0.790. The van der Waals surface area contributed by atoms with E-state index in [1.54, 1.807) is 6.40 Å². The smallest absolute Gasteiger partial charge is 0.169 e. The summed E-state index contributed by atoms with van der Waals surface area (Å²) in [6.07, 6.45) is 9.58. The molecule has 0 N–H and O–H groups in total. The average molecular weight is 183 g/mol. The summed E-state index contributed by atoms with van der Waals surface area (Å²) in [5.74, 6) is 0. The number of allylic oxidation sites excluding steroid dienone is 1. The van der Waals surface area contributed by atoms with Gasteiger partial charge in [-0.3, -0.25) is 4.99 Å². The van der Waals surface area contributed by atoms with Crippen molar-refractivity contribution in [3.8, 4) is 0 Å². The zero-order valence-electron chi connectivity index (χ0n) is 8.67. The molecule has 0 radical (unpaired) electrons. The van der Waals surface area contributed by atoms with E-state index in [2.05, 4.69) is 11.6 Å². The first-order chi connectivity index (χ1) is 6.41. The Balaban J connectivity index is 2.91. The molecule has 0 heterocycles. The molecule has 0 aliphatic rings. The second kappa shape index (κ2) is 11.2. The minimum atomic E-state index is 0.803. The van der Waals surface area contributed by atoms with Crippen LogP contribution in [0, 0.1) is 0 Å². The van der Waals surface area contributed by atoms with Gasteiger partial charge in [0, 0.05) is 6.54 Å². The highest BCUT2D eigenvalue weighted by Crippen LogP contribution is 2.02. The summed E-state index contributed by atoms with van der Waals surface area (Å²) in [5, 5.41) is 0. The second-order valence-corrected chi connectivity index (χ2v) is 2.97. The molecule has 0 rings (SSSR count). The van der Waals surface area contributed by atoms with E-state index in [-0.39, 0.29) is 0 Å². The Morgan fingerprint density at radius 1 is 1.23 bits per heavy atom. The normalized spacial score (nSPS) is 10.5. The lowest BCUT2D eigenvalue weighted by Crippen LogP contribution is -1.92. The van der Waals surface area contributed by atoms with Crippen molar-refractivity contribution in [2.75, 3.05) is 13.2 Å². The molecule has 2 nitrogen and oxygen atoms in total. The van der Waals surface area contributed by atoms with Crippen molar-refractivity contribution in [3.05, 3.63) is 12.7 Å². The van der Waals surface area contributed by atoms with Crippen molar-refractivity contribution in [3.63, 3.8) is 0 Å². The van der Waals surface area contributed by atoms with Gasteiger partial charge in [-0.25, -0.2) is 0 Å². The first-order valence-electron chi connectivity index (χ1n) is 5.12. The van der Waals surface area contributed by atoms with Crippen LogP contribution < -0.4 is 0 Å². The monoisotopic (exact) mass is 183 g/mol. The summed E-state index contributed by atoms with van der Waals surface area (Å²) in [6, 6.07) is 0. The Bertz CT molecular complexity index is 132. The first kappa shape index (κ1) is 12.2. The number of aliphatic imine (C=N–C) groups is 1. The van der Waals surface area contributed by atoms with Gasteiger partial charge in [0.15, 0.2) is 6.40 Å². The van der Waals surface area contributed by atoms with Gasteiger partial charge >= 0.3 is 0 Å². The standard InChI is InChI=1S/C11H21NO/c1-3-5-6-7-8-9-10-13-11-12-4-2/h3,11H,1,4-10H2,2H3. The van der Waals surface area contributed by atoms with Crippen molar-refractivity contribution < 1.29 is 4.74 Å². The van der Waals surface area contributed by atoms with Crippen LogP contribution in [0.5, 0.6) is 0 Å². The summed E-state index contributed by atoms with van der Waals surface area (Å²) >= 11 is 0. The number of ether oxygens (including phenoxy) is 1. The van der Waals surface area contributed by atoms with E-state index in [9.17, 15) is 0 Å². The Morgan fingerprint density at radius 2 is 2.00 bits per heavy atom. The summed E-state index contributed by atoms with van der Waals surface area (Å²) in [7, 11) is 0. The molecule has 0 atom stereocenters. The lowest BCUT2D eigenvalue weighted by Gasteiger charge is -1.99. The molecule has 13 heavy (non-hydrogen) atoms. The number of rotatable bonds is 9. The minimum Gasteiger partial charge on any atom is -0.483 e. The van der Waals surface area contributed by atoms with Gasteiger partial charge in [0.25, 0.3) is 0 Å². The maximum Gasteiger partial charge on any atom is 0.169 e. The lowest BCUT2D eigenvalue weighted by atomic mass is 10.1. The molecular formula is C11H21NO. The average Bonchev–Trinajstić information content (AvgIpc) is 2.16. The predicted molar refractivity (Wildman–Crippen MR) is 58.3 cm³/mol. The zero-order valence-corrected chi connectivity index (χ0v) is 8.67. The molecule has 0 saturated carbocycles. The van der Waals surface area contributed by atoms with Crippen LogP contribution >= 0.6 is 0 Å². The van der Waals surface area contributed by atoms with E-state index in [1.807, 2.05) is 13.0 Å². The van der Waals surface area contributed by atoms with Crippen LogP contribution in [0.2, 0.25) is 0 Å². The molecular weight excluding hydrogens is 162 g/mol. The molecule has 0 aromatic heterocycles. The molecule has 0 aromatic rings. The van der Waals surface area contributed by atoms with Crippen LogP contribution in [0.1, 0.15) is 39.0 Å². The summed E-state index contributed by atoms with van der Waals surface area (Å²) in [5.41, 5.74) is 0. The van der Waals surface area contributed by atoms with Gasteiger partial charge in [0.2, 0.25) is 0 Å². The summed E-state index contributed by atoms with van der Waals surface area (Å²) in [6.45, 7) is 7.29. The molecule has 0 spiro atoms. The van der Waals surface area contributed by atoms with Crippen LogP contribution in [0.3, 0.4) is 0 Å². The van der Waals surface area contributed by atoms with Crippen molar-refractivity contribution in [2.24, 2.45) is 4.99 Å². The first-order valence-corrected chi connectivity index (χ1v) is 5.12. The molecule has 0 bridgehead atoms. The van der Waals surface area contributed by atoms with Crippen LogP contribution in [0.4, 0.5) is 0 Å². The fourth-order valence-corrected chi connectivity index (χ4v) is 1.01. The minimum absolute atomic E-state index is 0.803. The lowest BCUT2D eigenvalue weighted by molar-refractivity contribution is 0.305. The van der Waals surface area contributed by atoms with Gasteiger partial charge in [-0.05, 0) is 26.2 Å². The van der Waals surface area contributed by atoms with E-state index >= 15 is 0 Å². The highest BCUT2D eigenvalue weighted by atomic mass is 16.5. The summed E-state index contributed by atoms with van der Waals surface area (Å²) in [4.78, 5) is 3.96. The van der Waals surface area contributed by atoms with E-state index < -0.39 is 0 Å². The highest BCUT2D eigenvalue weighted by Gasteiger charge is 1.88. The van der Waals surface area contributed by atoms with Crippen molar-refractivity contribution in [2.45, 2.75) is 39.0 Å². The van der Waals surface area contributed by atoms with E-state index in [0.29, 0.717) is 0 Å². The molecule has 2 heteroatoms. The number of hydrogen-bond donors (Lipinski definition) is 0. The third kappa shape index (κ3) is 11.2. The van der Waals surface area contributed by atoms with Gasteiger partial charge in [-0.15, -0.1) is 6.58 Å². The van der Waals surface area contributed by atoms with Gasteiger partial charge < -0.3 is 4.74 Å². The van der Waals surface area contributed by atoms with Gasteiger partial charge in [0.1, 0.15) is 0 Å².